The van der Waals surface area contributed by atoms with Crippen molar-refractivity contribution in [3.63, 3.8) is 0 Å². The normalized spacial score (nSPS) is 34.8. The molecular formula is C14H27NO2. The minimum atomic E-state index is 0.371. The van der Waals surface area contributed by atoms with Gasteiger partial charge in [0, 0.05) is 12.6 Å². The van der Waals surface area contributed by atoms with Gasteiger partial charge in [0.1, 0.15) is 0 Å². The molecule has 2 fully saturated rings. The summed E-state index contributed by atoms with van der Waals surface area (Å²) >= 11 is 0. The molecule has 3 nitrogen and oxygen atoms in total. The van der Waals surface area contributed by atoms with E-state index in [0.717, 1.165) is 25.8 Å². The molecule has 1 atom stereocenters. The molecule has 1 saturated heterocycles. The molecule has 2 rings (SSSR count). The van der Waals surface area contributed by atoms with Crippen LogP contribution in [-0.2, 0) is 9.47 Å². The minimum Gasteiger partial charge on any atom is -0.376 e. The summed E-state index contributed by atoms with van der Waals surface area (Å²) in [6.45, 7) is 5.02. The molecule has 0 aromatic rings. The molecule has 1 saturated carbocycles. The van der Waals surface area contributed by atoms with Crippen LogP contribution >= 0.6 is 0 Å². The van der Waals surface area contributed by atoms with Gasteiger partial charge in [-0.3, -0.25) is 0 Å². The zero-order valence-corrected chi connectivity index (χ0v) is 11.1. The number of ether oxygens (including phenoxy) is 2. The molecule has 0 radical (unpaired) electrons. The van der Waals surface area contributed by atoms with E-state index < -0.39 is 0 Å². The molecular weight excluding hydrogens is 214 g/mol. The third-order valence-electron chi connectivity index (χ3n) is 3.96. The molecule has 0 bridgehead atoms. The zero-order valence-electron chi connectivity index (χ0n) is 11.1. The Morgan fingerprint density at radius 3 is 2.59 bits per heavy atom. The van der Waals surface area contributed by atoms with Crippen molar-refractivity contribution in [1.82, 2.24) is 5.32 Å². The lowest BCUT2D eigenvalue weighted by molar-refractivity contribution is -0.0712. The van der Waals surface area contributed by atoms with E-state index in [1.165, 1.54) is 44.9 Å². The summed E-state index contributed by atoms with van der Waals surface area (Å²) < 4.78 is 11.7. The Morgan fingerprint density at radius 2 is 1.94 bits per heavy atom. The summed E-state index contributed by atoms with van der Waals surface area (Å²) in [7, 11) is 0. The van der Waals surface area contributed by atoms with Crippen LogP contribution in [0.2, 0.25) is 0 Å². The highest BCUT2D eigenvalue weighted by atomic mass is 16.5. The summed E-state index contributed by atoms with van der Waals surface area (Å²) in [6, 6.07) is 0.728. The SMILES string of the molecule is CCNC1CCC(OCC2CCCCO2)CC1. The van der Waals surface area contributed by atoms with Gasteiger partial charge in [0.15, 0.2) is 0 Å². The first-order valence-electron chi connectivity index (χ1n) is 7.35. The van der Waals surface area contributed by atoms with Crippen molar-refractivity contribution < 1.29 is 9.47 Å². The first-order chi connectivity index (χ1) is 8.38. The van der Waals surface area contributed by atoms with Gasteiger partial charge in [-0.05, 0) is 51.5 Å². The zero-order chi connectivity index (χ0) is 11.9. The minimum absolute atomic E-state index is 0.371. The van der Waals surface area contributed by atoms with Gasteiger partial charge in [0.05, 0.1) is 18.8 Å². The van der Waals surface area contributed by atoms with Crippen molar-refractivity contribution in [3.05, 3.63) is 0 Å². The monoisotopic (exact) mass is 241 g/mol. The maximum Gasteiger partial charge on any atom is 0.0808 e. The van der Waals surface area contributed by atoms with Gasteiger partial charge in [-0.15, -0.1) is 0 Å². The lowest BCUT2D eigenvalue weighted by atomic mass is 9.93. The predicted molar refractivity (Wildman–Crippen MR) is 69.3 cm³/mol. The predicted octanol–water partition coefficient (Wildman–Crippen LogP) is 2.49. The van der Waals surface area contributed by atoms with E-state index in [-0.39, 0.29) is 0 Å². The van der Waals surface area contributed by atoms with Crippen LogP contribution in [0.3, 0.4) is 0 Å². The van der Waals surface area contributed by atoms with Gasteiger partial charge in [-0.2, -0.15) is 0 Å². The molecule has 100 valence electrons. The van der Waals surface area contributed by atoms with Crippen molar-refractivity contribution >= 4 is 0 Å². The second-order valence-corrected chi connectivity index (χ2v) is 5.35. The van der Waals surface area contributed by atoms with Crippen molar-refractivity contribution in [2.24, 2.45) is 0 Å². The first kappa shape index (κ1) is 13.3. The van der Waals surface area contributed by atoms with Crippen LogP contribution < -0.4 is 5.32 Å². The van der Waals surface area contributed by atoms with Crippen LogP contribution in [0.5, 0.6) is 0 Å². The Morgan fingerprint density at radius 1 is 1.12 bits per heavy atom. The lowest BCUT2D eigenvalue weighted by Crippen LogP contribution is -2.36. The highest BCUT2D eigenvalue weighted by Gasteiger charge is 2.22. The van der Waals surface area contributed by atoms with E-state index in [4.69, 9.17) is 9.47 Å². The van der Waals surface area contributed by atoms with E-state index in [9.17, 15) is 0 Å². The Bertz CT molecular complexity index is 196. The molecule has 2 aliphatic rings. The third-order valence-corrected chi connectivity index (χ3v) is 3.96. The number of nitrogens with one attached hydrogen (secondary N) is 1. The van der Waals surface area contributed by atoms with Crippen LogP contribution in [0.4, 0.5) is 0 Å². The topological polar surface area (TPSA) is 30.5 Å². The van der Waals surface area contributed by atoms with E-state index in [2.05, 4.69) is 12.2 Å². The molecule has 0 aromatic carbocycles. The molecule has 1 N–H and O–H groups in total. The molecule has 3 heteroatoms. The molecule has 17 heavy (non-hydrogen) atoms. The summed E-state index contributed by atoms with van der Waals surface area (Å²) in [4.78, 5) is 0. The summed E-state index contributed by atoms with van der Waals surface area (Å²) in [5, 5.41) is 3.53. The van der Waals surface area contributed by atoms with Crippen molar-refractivity contribution in [3.8, 4) is 0 Å². The molecule has 1 aliphatic carbocycles. The molecule has 1 aliphatic heterocycles. The van der Waals surface area contributed by atoms with Crippen LogP contribution in [0.1, 0.15) is 51.9 Å². The van der Waals surface area contributed by atoms with Gasteiger partial charge in [-0.25, -0.2) is 0 Å². The fraction of sp³-hybridized carbons (Fsp3) is 1.00. The number of rotatable bonds is 5. The van der Waals surface area contributed by atoms with Gasteiger partial charge in [0.25, 0.3) is 0 Å². The van der Waals surface area contributed by atoms with E-state index in [1.54, 1.807) is 0 Å². The Kier molecular flexibility index (Phi) is 5.75. The summed E-state index contributed by atoms with van der Waals surface area (Å²) in [5.74, 6) is 0. The molecule has 0 aromatic heterocycles. The van der Waals surface area contributed by atoms with Gasteiger partial charge in [-0.1, -0.05) is 6.92 Å². The summed E-state index contributed by atoms with van der Waals surface area (Å²) in [6.07, 6.45) is 9.53. The largest absolute Gasteiger partial charge is 0.376 e. The Hall–Kier alpha value is -0.120. The summed E-state index contributed by atoms with van der Waals surface area (Å²) in [5.41, 5.74) is 0. The third kappa shape index (κ3) is 4.57. The molecule has 1 unspecified atom stereocenters. The fourth-order valence-corrected chi connectivity index (χ4v) is 2.90. The van der Waals surface area contributed by atoms with Crippen molar-refractivity contribution in [2.75, 3.05) is 19.8 Å². The Balaban J connectivity index is 1.57. The standard InChI is InChI=1S/C14H27NO2/c1-2-15-12-6-8-13(9-7-12)17-11-14-5-3-4-10-16-14/h12-15H,2-11H2,1H3. The van der Waals surface area contributed by atoms with Gasteiger partial charge < -0.3 is 14.8 Å². The van der Waals surface area contributed by atoms with E-state index >= 15 is 0 Å². The van der Waals surface area contributed by atoms with Crippen LogP contribution in [-0.4, -0.2) is 38.0 Å². The average Bonchev–Trinajstić information content (AvgIpc) is 2.40. The molecule has 0 spiro atoms. The lowest BCUT2D eigenvalue weighted by Gasteiger charge is -2.31. The maximum absolute atomic E-state index is 6.00. The van der Waals surface area contributed by atoms with Crippen molar-refractivity contribution in [1.29, 1.82) is 0 Å². The molecule has 0 amide bonds. The van der Waals surface area contributed by atoms with Crippen LogP contribution in [0.25, 0.3) is 0 Å². The fourth-order valence-electron chi connectivity index (χ4n) is 2.90. The van der Waals surface area contributed by atoms with Gasteiger partial charge in [0.2, 0.25) is 0 Å². The Labute approximate surface area is 105 Å². The second-order valence-electron chi connectivity index (χ2n) is 5.35. The van der Waals surface area contributed by atoms with Gasteiger partial charge >= 0.3 is 0 Å². The first-order valence-corrected chi connectivity index (χ1v) is 7.35. The number of hydrogen-bond acceptors (Lipinski definition) is 3. The molecule has 1 heterocycles. The van der Waals surface area contributed by atoms with E-state index in [1.807, 2.05) is 0 Å². The smallest absolute Gasteiger partial charge is 0.0808 e. The highest BCUT2D eigenvalue weighted by molar-refractivity contribution is 4.77. The quantitative estimate of drug-likeness (QED) is 0.802. The number of hydrogen-bond donors (Lipinski definition) is 1. The van der Waals surface area contributed by atoms with Crippen LogP contribution in [0.15, 0.2) is 0 Å². The second kappa shape index (κ2) is 7.34. The maximum atomic E-state index is 6.00. The van der Waals surface area contributed by atoms with Crippen molar-refractivity contribution in [2.45, 2.75) is 70.1 Å². The highest BCUT2D eigenvalue weighted by Crippen LogP contribution is 2.22. The van der Waals surface area contributed by atoms with E-state index in [0.29, 0.717) is 12.2 Å². The van der Waals surface area contributed by atoms with Crippen LogP contribution in [0, 0.1) is 0 Å². The average molecular weight is 241 g/mol.